The lowest BCUT2D eigenvalue weighted by atomic mass is 9.86. The van der Waals surface area contributed by atoms with Crippen molar-refractivity contribution < 1.29 is 19.1 Å². The molecule has 0 spiro atoms. The lowest BCUT2D eigenvalue weighted by molar-refractivity contribution is -0.140. The number of para-hydroxylation sites is 1. The van der Waals surface area contributed by atoms with Crippen LogP contribution in [0.4, 0.5) is 16.2 Å². The van der Waals surface area contributed by atoms with Crippen LogP contribution in [0.15, 0.2) is 103 Å². The number of urea groups is 1. The summed E-state index contributed by atoms with van der Waals surface area (Å²) in [5.74, 6) is -0.614. The molecule has 2 N–H and O–H groups in total. The van der Waals surface area contributed by atoms with Crippen LogP contribution in [-0.4, -0.2) is 31.6 Å². The molecule has 0 bridgehead atoms. The predicted octanol–water partition coefficient (Wildman–Crippen LogP) is 6.69. The molecule has 3 amide bonds. The molecule has 0 fully saturated rings. The molecule has 0 aliphatic carbocycles. The number of ether oxygens (including phenoxy) is 1. The van der Waals surface area contributed by atoms with Gasteiger partial charge in [-0.2, -0.15) is 0 Å². The highest BCUT2D eigenvalue weighted by molar-refractivity contribution is 6.09. The minimum absolute atomic E-state index is 0.0496. The Labute approximate surface area is 246 Å². The Morgan fingerprint density at radius 3 is 2.24 bits per heavy atom. The minimum Gasteiger partial charge on any atom is -0.469 e. The van der Waals surface area contributed by atoms with Gasteiger partial charge in [0.25, 0.3) is 5.91 Å². The summed E-state index contributed by atoms with van der Waals surface area (Å²) in [5.41, 5.74) is 6.21. The normalized spacial score (nSPS) is 13.9. The molecule has 7 heteroatoms. The van der Waals surface area contributed by atoms with E-state index in [2.05, 4.69) is 10.6 Å². The van der Waals surface area contributed by atoms with Crippen LogP contribution in [0, 0.1) is 0 Å². The van der Waals surface area contributed by atoms with Crippen LogP contribution in [0.1, 0.15) is 57.8 Å². The largest absolute Gasteiger partial charge is 0.469 e. The first-order chi connectivity index (χ1) is 20.5. The van der Waals surface area contributed by atoms with Gasteiger partial charge < -0.3 is 20.3 Å². The summed E-state index contributed by atoms with van der Waals surface area (Å²) >= 11 is 0. The van der Waals surface area contributed by atoms with E-state index in [0.29, 0.717) is 18.7 Å². The number of rotatable bonds is 10. The monoisotopic (exact) mass is 561 g/mol. The molecule has 0 aromatic heterocycles. The summed E-state index contributed by atoms with van der Waals surface area (Å²) in [6, 6.07) is 32.8. The van der Waals surface area contributed by atoms with Crippen molar-refractivity contribution >= 4 is 29.3 Å². The van der Waals surface area contributed by atoms with Gasteiger partial charge in [-0.15, -0.1) is 0 Å². The van der Waals surface area contributed by atoms with Gasteiger partial charge in [-0.25, -0.2) is 4.79 Å². The van der Waals surface area contributed by atoms with Crippen molar-refractivity contribution in [3.8, 4) is 0 Å². The van der Waals surface area contributed by atoms with Crippen molar-refractivity contribution in [2.45, 2.75) is 38.1 Å². The van der Waals surface area contributed by atoms with Crippen LogP contribution in [0.25, 0.3) is 0 Å². The van der Waals surface area contributed by atoms with Gasteiger partial charge in [0, 0.05) is 35.9 Å². The highest BCUT2D eigenvalue weighted by Gasteiger charge is 2.33. The third kappa shape index (κ3) is 6.86. The molecule has 4 aromatic carbocycles. The van der Waals surface area contributed by atoms with Crippen LogP contribution in [0.2, 0.25) is 0 Å². The number of hydrogen-bond acceptors (Lipinski definition) is 4. The van der Waals surface area contributed by atoms with Crippen LogP contribution in [-0.2, 0) is 22.5 Å². The fraction of sp³-hybridized carbons (Fsp3) is 0.229. The van der Waals surface area contributed by atoms with Gasteiger partial charge in [-0.1, -0.05) is 78.9 Å². The second-order valence-electron chi connectivity index (χ2n) is 10.4. The fourth-order valence-corrected chi connectivity index (χ4v) is 5.45. The van der Waals surface area contributed by atoms with E-state index < -0.39 is 0 Å². The topological polar surface area (TPSA) is 87.7 Å². The zero-order valence-corrected chi connectivity index (χ0v) is 23.7. The highest BCUT2D eigenvalue weighted by atomic mass is 16.5. The van der Waals surface area contributed by atoms with Gasteiger partial charge in [0.2, 0.25) is 0 Å². The molecule has 1 unspecified atom stereocenters. The number of nitrogens with one attached hydrogen (secondary N) is 2. The zero-order chi connectivity index (χ0) is 29.3. The van der Waals surface area contributed by atoms with Gasteiger partial charge in [-0.3, -0.25) is 9.59 Å². The number of anilines is 2. The molecular formula is C35H35N3O4. The number of nitrogens with zero attached hydrogens (tertiary/aromatic N) is 1. The van der Waals surface area contributed by atoms with Gasteiger partial charge in [-0.05, 0) is 65.8 Å². The number of esters is 1. The van der Waals surface area contributed by atoms with Crippen LogP contribution < -0.4 is 15.5 Å². The average Bonchev–Trinajstić information content (AvgIpc) is 3.12. The van der Waals surface area contributed by atoms with Crippen molar-refractivity contribution in [2.24, 2.45) is 0 Å². The molecule has 0 saturated heterocycles. The first-order valence-corrected chi connectivity index (χ1v) is 14.3. The maximum Gasteiger partial charge on any atom is 0.319 e. The molecule has 5 rings (SSSR count). The van der Waals surface area contributed by atoms with E-state index in [0.717, 1.165) is 52.9 Å². The average molecular weight is 562 g/mol. The van der Waals surface area contributed by atoms with Crippen LogP contribution >= 0.6 is 0 Å². The maximum atomic E-state index is 13.8. The molecule has 214 valence electrons. The maximum absolute atomic E-state index is 13.8. The first kappa shape index (κ1) is 28.6. The molecule has 42 heavy (non-hydrogen) atoms. The SMILES string of the molecule is COC(=O)CC1c2ccccc2C(=O)N(CCCCc2ccc(NC(=O)NCc3ccccc3)cc2)c2ccccc21. The molecule has 4 aromatic rings. The van der Waals surface area contributed by atoms with E-state index in [1.165, 1.54) is 7.11 Å². The zero-order valence-electron chi connectivity index (χ0n) is 23.7. The van der Waals surface area contributed by atoms with Gasteiger partial charge >= 0.3 is 12.0 Å². The predicted molar refractivity (Wildman–Crippen MR) is 165 cm³/mol. The number of carbonyl (C=O) groups excluding carboxylic acids is 3. The fourth-order valence-electron chi connectivity index (χ4n) is 5.45. The van der Waals surface area contributed by atoms with E-state index in [9.17, 15) is 14.4 Å². The molecule has 1 aliphatic rings. The third-order valence-corrected chi connectivity index (χ3v) is 7.62. The molecule has 1 atom stereocenters. The Hall–Kier alpha value is -4.91. The lowest BCUT2D eigenvalue weighted by Crippen LogP contribution is -2.32. The number of carbonyl (C=O) groups is 3. The molecular weight excluding hydrogens is 526 g/mol. The quantitative estimate of drug-likeness (QED) is 0.167. The van der Waals surface area contributed by atoms with Crippen LogP contribution in [0.3, 0.4) is 0 Å². The van der Waals surface area contributed by atoms with Gasteiger partial charge in [0.05, 0.1) is 13.5 Å². The Morgan fingerprint density at radius 1 is 0.786 bits per heavy atom. The molecule has 1 aliphatic heterocycles. The Kier molecular flexibility index (Phi) is 9.29. The highest BCUT2D eigenvalue weighted by Crippen LogP contribution is 2.40. The van der Waals surface area contributed by atoms with E-state index in [4.69, 9.17) is 4.74 Å². The molecule has 0 saturated carbocycles. The summed E-state index contributed by atoms with van der Waals surface area (Å²) in [4.78, 5) is 40.2. The number of methoxy groups -OCH3 is 1. The molecule has 0 radical (unpaired) electrons. The smallest absolute Gasteiger partial charge is 0.319 e. The van der Waals surface area contributed by atoms with Crippen molar-refractivity contribution in [3.63, 3.8) is 0 Å². The van der Waals surface area contributed by atoms with E-state index in [-0.39, 0.29) is 30.2 Å². The summed E-state index contributed by atoms with van der Waals surface area (Å²) < 4.78 is 4.99. The van der Waals surface area contributed by atoms with Crippen LogP contribution in [0.5, 0.6) is 0 Å². The van der Waals surface area contributed by atoms with E-state index in [1.807, 2.05) is 108 Å². The number of benzene rings is 4. The Balaban J connectivity index is 1.19. The van der Waals surface area contributed by atoms with Crippen molar-refractivity contribution in [2.75, 3.05) is 23.9 Å². The molecule has 7 nitrogen and oxygen atoms in total. The minimum atomic E-state index is -0.306. The molecule has 1 heterocycles. The first-order valence-electron chi connectivity index (χ1n) is 14.3. The number of unbranched alkanes of at least 4 members (excludes halogenated alkanes) is 1. The second kappa shape index (κ2) is 13.6. The number of fused-ring (bicyclic) bond motifs is 2. The van der Waals surface area contributed by atoms with Crippen molar-refractivity contribution in [3.05, 3.63) is 131 Å². The number of amides is 3. The summed E-state index contributed by atoms with van der Waals surface area (Å²) in [5, 5.41) is 5.74. The second-order valence-corrected chi connectivity index (χ2v) is 10.4. The van der Waals surface area contributed by atoms with Gasteiger partial charge in [0.1, 0.15) is 0 Å². The Bertz CT molecular complexity index is 1540. The van der Waals surface area contributed by atoms with E-state index in [1.54, 1.807) is 0 Å². The number of hydrogen-bond donors (Lipinski definition) is 2. The standard InChI is InChI=1S/C35H35N3O4/c1-42-33(39)23-31-28-14-5-6-16-30(28)34(40)38(32-17-8-7-15-29(31)32)22-10-9-11-25-18-20-27(21-19-25)37-35(41)36-24-26-12-3-2-4-13-26/h2-8,12-21,31H,9-11,22-24H2,1H3,(H2,36,37,41). The van der Waals surface area contributed by atoms with Crippen molar-refractivity contribution in [1.82, 2.24) is 5.32 Å². The Morgan fingerprint density at radius 2 is 1.48 bits per heavy atom. The third-order valence-electron chi connectivity index (χ3n) is 7.62. The number of aryl methyl sites for hydroxylation is 1. The summed E-state index contributed by atoms with van der Waals surface area (Å²) in [6.45, 7) is 1.03. The summed E-state index contributed by atoms with van der Waals surface area (Å²) in [6.07, 6.45) is 2.73. The van der Waals surface area contributed by atoms with Gasteiger partial charge in [0.15, 0.2) is 0 Å². The lowest BCUT2D eigenvalue weighted by Gasteiger charge is -2.24. The van der Waals surface area contributed by atoms with E-state index >= 15 is 0 Å². The van der Waals surface area contributed by atoms with Crippen molar-refractivity contribution in [1.29, 1.82) is 0 Å². The summed E-state index contributed by atoms with van der Waals surface area (Å²) in [7, 11) is 1.39.